The van der Waals surface area contributed by atoms with Gasteiger partial charge in [0.15, 0.2) is 0 Å². The van der Waals surface area contributed by atoms with E-state index in [1.54, 1.807) is 29.2 Å². The van der Waals surface area contributed by atoms with Crippen LogP contribution in [0.1, 0.15) is 33.7 Å². The molecular weight excluding hydrogens is 317 g/mol. The molecule has 0 atom stereocenters. The number of rotatable bonds is 1. The summed E-state index contributed by atoms with van der Waals surface area (Å²) in [5.41, 5.74) is 4.94. The molecule has 2 heterocycles. The third kappa shape index (κ3) is 2.65. The normalized spacial score (nSPS) is 13.8. The smallest absolute Gasteiger partial charge is 0.258 e. The highest BCUT2D eigenvalue weighted by Gasteiger charge is 2.26. The fraction of sp³-hybridized carbons (Fsp3) is 0.250. The number of carbonyl (C=O) groups excluding carboxylic acids is 1. The summed E-state index contributed by atoms with van der Waals surface area (Å²) >= 11 is 0. The van der Waals surface area contributed by atoms with Gasteiger partial charge in [-0.2, -0.15) is 0 Å². The van der Waals surface area contributed by atoms with E-state index in [9.17, 15) is 9.18 Å². The van der Waals surface area contributed by atoms with Crippen LogP contribution in [0.2, 0.25) is 0 Å². The Morgan fingerprint density at radius 3 is 2.64 bits per heavy atom. The maximum absolute atomic E-state index is 14.3. The van der Waals surface area contributed by atoms with Crippen LogP contribution in [0.15, 0.2) is 36.4 Å². The van der Waals surface area contributed by atoms with E-state index in [1.807, 2.05) is 19.9 Å². The Kier molecular flexibility index (Phi) is 3.71. The van der Waals surface area contributed by atoms with Crippen LogP contribution in [0.5, 0.6) is 0 Å². The number of hydrogen-bond donors (Lipinski definition) is 0. The van der Waals surface area contributed by atoms with E-state index in [2.05, 4.69) is 9.97 Å². The van der Waals surface area contributed by atoms with Gasteiger partial charge in [0.1, 0.15) is 5.82 Å². The number of hydrogen-bond acceptors (Lipinski definition) is 3. The topological polar surface area (TPSA) is 46.1 Å². The molecule has 25 heavy (non-hydrogen) atoms. The molecule has 1 aliphatic rings. The van der Waals surface area contributed by atoms with E-state index >= 15 is 0 Å². The molecule has 0 N–H and O–H groups in total. The van der Waals surface area contributed by atoms with Crippen LogP contribution >= 0.6 is 0 Å². The number of anilines is 1. The summed E-state index contributed by atoms with van der Waals surface area (Å²) in [6, 6.07) is 10.3. The van der Waals surface area contributed by atoms with Gasteiger partial charge in [-0.1, -0.05) is 12.1 Å². The summed E-state index contributed by atoms with van der Waals surface area (Å²) in [6.07, 6.45) is 1.62. The summed E-state index contributed by atoms with van der Waals surface area (Å²) in [7, 11) is 0. The Bertz CT molecular complexity index is 1000. The monoisotopic (exact) mass is 335 g/mol. The molecule has 0 fully saturated rings. The molecule has 5 heteroatoms. The number of halogens is 1. The highest BCUT2D eigenvalue weighted by Crippen LogP contribution is 2.31. The molecule has 0 spiro atoms. The van der Waals surface area contributed by atoms with Gasteiger partial charge in [0.25, 0.3) is 5.91 Å². The Hall–Kier alpha value is -2.82. The lowest BCUT2D eigenvalue weighted by Gasteiger charge is -2.30. The Balaban J connectivity index is 1.78. The van der Waals surface area contributed by atoms with Crippen molar-refractivity contribution in [2.24, 2.45) is 0 Å². The van der Waals surface area contributed by atoms with Gasteiger partial charge in [-0.15, -0.1) is 0 Å². The molecular formula is C20H18FN3O. The molecule has 1 aliphatic heterocycles. The van der Waals surface area contributed by atoms with Gasteiger partial charge in [-0.05, 0) is 56.5 Å². The fourth-order valence-corrected chi connectivity index (χ4v) is 3.33. The predicted octanol–water partition coefficient (Wildman–Crippen LogP) is 3.98. The maximum Gasteiger partial charge on any atom is 0.258 e. The number of nitrogens with zero attached hydrogens (tertiary/aromatic N) is 3. The van der Waals surface area contributed by atoms with Gasteiger partial charge >= 0.3 is 0 Å². The van der Waals surface area contributed by atoms with E-state index < -0.39 is 0 Å². The standard InChI is InChI=1S/C20H18FN3O/c1-12-13(2)23-18-11-15(8-9-17(18)22-12)20(25)24-10-4-6-14-5-3-7-16(21)19(14)24/h3,5,7-9,11H,4,6,10H2,1-2H3. The molecule has 4 nitrogen and oxygen atoms in total. The van der Waals surface area contributed by atoms with Gasteiger partial charge in [-0.25, -0.2) is 14.4 Å². The summed E-state index contributed by atoms with van der Waals surface area (Å²) in [4.78, 5) is 23.6. The average Bonchev–Trinajstić information content (AvgIpc) is 2.61. The van der Waals surface area contributed by atoms with Gasteiger partial charge in [0, 0.05) is 12.1 Å². The molecule has 3 aromatic rings. The van der Waals surface area contributed by atoms with Crippen LogP contribution in [-0.2, 0) is 6.42 Å². The molecule has 0 bridgehead atoms. The van der Waals surface area contributed by atoms with Crippen LogP contribution in [0.4, 0.5) is 10.1 Å². The lowest BCUT2D eigenvalue weighted by Crippen LogP contribution is -2.36. The molecule has 4 rings (SSSR count). The lowest BCUT2D eigenvalue weighted by molar-refractivity contribution is 0.0984. The minimum Gasteiger partial charge on any atom is -0.305 e. The zero-order valence-electron chi connectivity index (χ0n) is 14.2. The van der Waals surface area contributed by atoms with E-state index in [0.29, 0.717) is 23.3 Å². The van der Waals surface area contributed by atoms with Crippen LogP contribution in [-0.4, -0.2) is 22.4 Å². The Labute approximate surface area is 145 Å². The minimum absolute atomic E-state index is 0.201. The van der Waals surface area contributed by atoms with Crippen LogP contribution < -0.4 is 4.90 Å². The minimum atomic E-state index is -0.349. The Morgan fingerprint density at radius 1 is 1.08 bits per heavy atom. The predicted molar refractivity (Wildman–Crippen MR) is 95.4 cm³/mol. The van der Waals surface area contributed by atoms with Gasteiger partial charge < -0.3 is 4.90 Å². The second-order valence-corrected chi connectivity index (χ2v) is 6.41. The second kappa shape index (κ2) is 5.92. The molecule has 1 aromatic heterocycles. The number of aryl methyl sites for hydroxylation is 3. The number of amides is 1. The van der Waals surface area contributed by atoms with Gasteiger partial charge in [0.2, 0.25) is 0 Å². The summed E-state index contributed by atoms with van der Waals surface area (Å²) in [5, 5.41) is 0. The molecule has 0 aliphatic carbocycles. The lowest BCUT2D eigenvalue weighted by atomic mass is 10.00. The molecule has 0 unspecified atom stereocenters. The van der Waals surface area contributed by atoms with Crippen molar-refractivity contribution in [3.05, 3.63) is 64.7 Å². The quantitative estimate of drug-likeness (QED) is 0.676. The number of aromatic nitrogens is 2. The molecule has 0 radical (unpaired) electrons. The van der Waals surface area contributed by atoms with Crippen LogP contribution in [0, 0.1) is 19.7 Å². The van der Waals surface area contributed by atoms with E-state index in [4.69, 9.17) is 0 Å². The van der Waals surface area contributed by atoms with Crippen molar-refractivity contribution in [1.82, 2.24) is 9.97 Å². The van der Waals surface area contributed by atoms with Crippen molar-refractivity contribution in [2.45, 2.75) is 26.7 Å². The first-order valence-electron chi connectivity index (χ1n) is 8.39. The van der Waals surface area contributed by atoms with Crippen molar-refractivity contribution in [3.8, 4) is 0 Å². The van der Waals surface area contributed by atoms with Crippen molar-refractivity contribution in [1.29, 1.82) is 0 Å². The second-order valence-electron chi connectivity index (χ2n) is 6.41. The largest absolute Gasteiger partial charge is 0.305 e. The molecule has 126 valence electrons. The van der Waals surface area contributed by atoms with Crippen molar-refractivity contribution in [3.63, 3.8) is 0 Å². The maximum atomic E-state index is 14.3. The van der Waals surface area contributed by atoms with Crippen molar-refractivity contribution >= 4 is 22.6 Å². The first-order chi connectivity index (χ1) is 12.0. The van der Waals surface area contributed by atoms with Crippen LogP contribution in [0.3, 0.4) is 0 Å². The SMILES string of the molecule is Cc1nc2ccc(C(=O)N3CCCc4cccc(F)c43)cc2nc1C. The number of carbonyl (C=O) groups is 1. The van der Waals surface area contributed by atoms with E-state index in [1.165, 1.54) is 6.07 Å². The fourth-order valence-electron chi connectivity index (χ4n) is 3.33. The highest BCUT2D eigenvalue weighted by atomic mass is 19.1. The number of fused-ring (bicyclic) bond motifs is 2. The van der Waals surface area contributed by atoms with Crippen LogP contribution in [0.25, 0.3) is 11.0 Å². The summed E-state index contributed by atoms with van der Waals surface area (Å²) < 4.78 is 14.3. The van der Waals surface area contributed by atoms with E-state index in [-0.39, 0.29) is 11.7 Å². The van der Waals surface area contributed by atoms with Gasteiger partial charge in [0.05, 0.1) is 28.1 Å². The highest BCUT2D eigenvalue weighted by molar-refractivity contribution is 6.08. The molecule has 0 saturated carbocycles. The third-order valence-electron chi connectivity index (χ3n) is 4.74. The van der Waals surface area contributed by atoms with Crippen molar-refractivity contribution < 1.29 is 9.18 Å². The van der Waals surface area contributed by atoms with E-state index in [0.717, 1.165) is 35.3 Å². The molecule has 0 saturated heterocycles. The average molecular weight is 335 g/mol. The Morgan fingerprint density at radius 2 is 1.84 bits per heavy atom. The van der Waals surface area contributed by atoms with Crippen molar-refractivity contribution in [2.75, 3.05) is 11.4 Å². The first-order valence-corrected chi connectivity index (χ1v) is 8.39. The number of benzene rings is 2. The zero-order valence-corrected chi connectivity index (χ0v) is 14.2. The summed E-state index contributed by atoms with van der Waals surface area (Å²) in [6.45, 7) is 4.32. The molecule has 1 amide bonds. The molecule has 2 aromatic carbocycles. The third-order valence-corrected chi connectivity index (χ3v) is 4.74. The zero-order chi connectivity index (χ0) is 17.6. The number of para-hydroxylation sites is 1. The van der Waals surface area contributed by atoms with Gasteiger partial charge in [-0.3, -0.25) is 4.79 Å². The first kappa shape index (κ1) is 15.7. The summed E-state index contributed by atoms with van der Waals surface area (Å²) in [5.74, 6) is -0.550.